The summed E-state index contributed by atoms with van der Waals surface area (Å²) in [7, 11) is -3.79. The molecule has 0 aliphatic carbocycles. The summed E-state index contributed by atoms with van der Waals surface area (Å²) in [5.41, 5.74) is 1.10. The second-order valence-electron chi connectivity index (χ2n) is 6.74. The van der Waals surface area contributed by atoms with Gasteiger partial charge in [0.2, 0.25) is 10.0 Å². The second kappa shape index (κ2) is 7.99. The molecule has 27 heavy (non-hydrogen) atoms. The van der Waals surface area contributed by atoms with Crippen LogP contribution in [0.25, 0.3) is 0 Å². The number of hydrogen-bond acceptors (Lipinski definition) is 5. The minimum absolute atomic E-state index is 0.00340. The third kappa shape index (κ3) is 4.41. The molecule has 3 rings (SSSR count). The molecule has 6 nitrogen and oxygen atoms in total. The number of hydrogen-bond donors (Lipinski definition) is 1. The normalized spacial score (nSPS) is 15.0. The van der Waals surface area contributed by atoms with E-state index in [0.29, 0.717) is 30.3 Å². The Kier molecular flexibility index (Phi) is 5.68. The smallest absolute Gasteiger partial charge is 0.241 e. The number of nitriles is 1. The van der Waals surface area contributed by atoms with Gasteiger partial charge in [-0.2, -0.15) is 5.26 Å². The third-order valence-electron chi connectivity index (χ3n) is 4.35. The first kappa shape index (κ1) is 19.2. The van der Waals surface area contributed by atoms with E-state index in [1.165, 1.54) is 12.1 Å². The lowest BCUT2D eigenvalue weighted by Crippen LogP contribution is -2.31. The third-order valence-corrected chi connectivity index (χ3v) is 5.79. The van der Waals surface area contributed by atoms with Gasteiger partial charge in [-0.05, 0) is 41.8 Å². The van der Waals surface area contributed by atoms with E-state index in [4.69, 9.17) is 14.7 Å². The van der Waals surface area contributed by atoms with Gasteiger partial charge in [0.25, 0.3) is 0 Å². The van der Waals surface area contributed by atoms with Crippen LogP contribution in [0.4, 0.5) is 0 Å². The molecule has 142 valence electrons. The minimum Gasteiger partial charge on any atom is -0.490 e. The van der Waals surface area contributed by atoms with Gasteiger partial charge in [-0.15, -0.1) is 0 Å². The summed E-state index contributed by atoms with van der Waals surface area (Å²) in [4.78, 5) is 0.0709. The molecule has 1 unspecified atom stereocenters. The molecule has 1 aliphatic heterocycles. The van der Waals surface area contributed by atoms with Crippen LogP contribution >= 0.6 is 0 Å². The van der Waals surface area contributed by atoms with Crippen LogP contribution in [0, 0.1) is 17.2 Å². The van der Waals surface area contributed by atoms with Gasteiger partial charge in [0.15, 0.2) is 11.5 Å². The fraction of sp³-hybridized carbons (Fsp3) is 0.350. The van der Waals surface area contributed by atoms with Gasteiger partial charge in [-0.1, -0.05) is 26.0 Å². The lowest BCUT2D eigenvalue weighted by Gasteiger charge is -2.23. The highest BCUT2D eigenvalue weighted by molar-refractivity contribution is 7.89. The summed E-state index contributed by atoms with van der Waals surface area (Å²) in [6.07, 6.45) is 0.805. The summed E-state index contributed by atoms with van der Waals surface area (Å²) >= 11 is 0. The quantitative estimate of drug-likeness (QED) is 0.851. The molecule has 0 aromatic heterocycles. The van der Waals surface area contributed by atoms with E-state index >= 15 is 0 Å². The summed E-state index contributed by atoms with van der Waals surface area (Å²) in [5, 5.41) is 9.02. The van der Waals surface area contributed by atoms with Gasteiger partial charge in [0.1, 0.15) is 0 Å². The van der Waals surface area contributed by atoms with E-state index in [9.17, 15) is 8.42 Å². The summed E-state index contributed by atoms with van der Waals surface area (Å²) < 4.78 is 39.8. The zero-order chi connectivity index (χ0) is 19.4. The number of ether oxygens (including phenoxy) is 2. The maximum absolute atomic E-state index is 12.9. The highest BCUT2D eigenvalue weighted by Crippen LogP contribution is 2.34. The lowest BCUT2D eigenvalue weighted by atomic mass is 9.97. The molecule has 1 atom stereocenters. The van der Waals surface area contributed by atoms with E-state index in [1.54, 1.807) is 12.1 Å². The predicted octanol–water partition coefficient (Wildman–Crippen LogP) is 3.40. The molecule has 0 amide bonds. The summed E-state index contributed by atoms with van der Waals surface area (Å²) in [6, 6.07) is 13.0. The Morgan fingerprint density at radius 2 is 1.81 bits per heavy atom. The molecule has 7 heteroatoms. The SMILES string of the molecule is CC(C)C(NS(=O)(=O)c1cccc(C#N)c1)c1ccc2c(c1)OCCCO2. The highest BCUT2D eigenvalue weighted by Gasteiger charge is 2.25. The number of benzene rings is 2. The van der Waals surface area contributed by atoms with Crippen LogP contribution in [0.5, 0.6) is 11.5 Å². The van der Waals surface area contributed by atoms with Crippen LogP contribution in [0.2, 0.25) is 0 Å². The molecule has 2 aromatic rings. The van der Waals surface area contributed by atoms with Crippen LogP contribution in [0.1, 0.15) is 37.4 Å². The van der Waals surface area contributed by atoms with E-state index in [-0.39, 0.29) is 10.8 Å². The monoisotopic (exact) mass is 386 g/mol. The molecule has 0 spiro atoms. The Morgan fingerprint density at radius 3 is 2.52 bits per heavy atom. The first-order valence-corrected chi connectivity index (χ1v) is 10.3. The molecule has 2 aromatic carbocycles. The first-order chi connectivity index (χ1) is 12.9. The van der Waals surface area contributed by atoms with E-state index in [2.05, 4.69) is 4.72 Å². The van der Waals surface area contributed by atoms with Crippen molar-refractivity contribution < 1.29 is 17.9 Å². The number of sulfonamides is 1. The predicted molar refractivity (Wildman–Crippen MR) is 101 cm³/mol. The average molecular weight is 386 g/mol. The Morgan fingerprint density at radius 1 is 1.07 bits per heavy atom. The van der Waals surface area contributed by atoms with Crippen molar-refractivity contribution in [2.45, 2.75) is 31.2 Å². The van der Waals surface area contributed by atoms with Crippen molar-refractivity contribution in [3.8, 4) is 17.6 Å². The van der Waals surface area contributed by atoms with Crippen molar-refractivity contribution in [2.75, 3.05) is 13.2 Å². The number of nitrogens with one attached hydrogen (secondary N) is 1. The Hall–Kier alpha value is -2.56. The molecule has 0 fully saturated rings. The van der Waals surface area contributed by atoms with Crippen LogP contribution in [0.15, 0.2) is 47.4 Å². The molecule has 1 N–H and O–H groups in total. The molecule has 1 aliphatic rings. The van der Waals surface area contributed by atoms with Crippen molar-refractivity contribution in [1.82, 2.24) is 4.72 Å². The van der Waals surface area contributed by atoms with Crippen molar-refractivity contribution in [2.24, 2.45) is 5.92 Å². The standard InChI is InChI=1S/C20H22N2O4S/c1-14(2)20(16-7-8-18-19(12-16)26-10-4-9-25-18)22-27(23,24)17-6-3-5-15(11-17)13-21/h3,5-8,11-12,14,20,22H,4,9-10H2,1-2H3. The topological polar surface area (TPSA) is 88.4 Å². The maximum atomic E-state index is 12.9. The largest absolute Gasteiger partial charge is 0.490 e. The first-order valence-electron chi connectivity index (χ1n) is 8.83. The molecule has 1 heterocycles. The van der Waals surface area contributed by atoms with Crippen LogP contribution < -0.4 is 14.2 Å². The van der Waals surface area contributed by atoms with Crippen LogP contribution in [0.3, 0.4) is 0 Å². The van der Waals surface area contributed by atoms with Gasteiger partial charge in [-0.25, -0.2) is 13.1 Å². The van der Waals surface area contributed by atoms with Crippen LogP contribution in [-0.4, -0.2) is 21.6 Å². The molecule has 0 saturated carbocycles. The summed E-state index contributed by atoms with van der Waals surface area (Å²) in [6.45, 7) is 5.06. The minimum atomic E-state index is -3.79. The van der Waals surface area contributed by atoms with Gasteiger partial charge >= 0.3 is 0 Å². The second-order valence-corrected chi connectivity index (χ2v) is 8.45. The fourth-order valence-electron chi connectivity index (χ4n) is 2.93. The van der Waals surface area contributed by atoms with Gasteiger partial charge in [0.05, 0.1) is 29.7 Å². The van der Waals surface area contributed by atoms with Crippen molar-refractivity contribution >= 4 is 10.0 Å². The zero-order valence-corrected chi connectivity index (χ0v) is 16.1. The van der Waals surface area contributed by atoms with Gasteiger partial charge < -0.3 is 9.47 Å². The van der Waals surface area contributed by atoms with Crippen molar-refractivity contribution in [1.29, 1.82) is 5.26 Å². The van der Waals surface area contributed by atoms with Gasteiger partial charge in [0, 0.05) is 12.5 Å². The van der Waals surface area contributed by atoms with E-state index in [1.807, 2.05) is 38.1 Å². The highest BCUT2D eigenvalue weighted by atomic mass is 32.2. The van der Waals surface area contributed by atoms with Gasteiger partial charge in [-0.3, -0.25) is 0 Å². The maximum Gasteiger partial charge on any atom is 0.241 e. The van der Waals surface area contributed by atoms with E-state index < -0.39 is 16.1 Å². The number of nitrogens with zero attached hydrogens (tertiary/aromatic N) is 1. The number of rotatable bonds is 5. The summed E-state index contributed by atoms with van der Waals surface area (Å²) in [5.74, 6) is 1.30. The zero-order valence-electron chi connectivity index (χ0n) is 15.3. The molecule has 0 saturated heterocycles. The molecular formula is C20H22N2O4S. The van der Waals surface area contributed by atoms with Crippen molar-refractivity contribution in [3.63, 3.8) is 0 Å². The molecule has 0 bridgehead atoms. The lowest BCUT2D eigenvalue weighted by molar-refractivity contribution is 0.297. The average Bonchev–Trinajstić information content (AvgIpc) is 2.90. The van der Waals surface area contributed by atoms with E-state index in [0.717, 1.165) is 12.0 Å². The molecule has 0 radical (unpaired) electrons. The Balaban J connectivity index is 1.92. The Labute approximate surface area is 159 Å². The Bertz CT molecular complexity index is 964. The van der Waals surface area contributed by atoms with Crippen LogP contribution in [-0.2, 0) is 10.0 Å². The van der Waals surface area contributed by atoms with Crippen molar-refractivity contribution in [3.05, 3.63) is 53.6 Å². The fourth-order valence-corrected chi connectivity index (χ4v) is 4.35. The number of fused-ring (bicyclic) bond motifs is 1. The molecular weight excluding hydrogens is 364 g/mol.